The van der Waals surface area contributed by atoms with Crippen LogP contribution in [-0.4, -0.2) is 23.0 Å². The molecule has 0 aromatic heterocycles. The number of ether oxygens (including phenoxy) is 1. The van der Waals surface area contributed by atoms with Gasteiger partial charge in [0.1, 0.15) is 18.1 Å². The topological polar surface area (TPSA) is 96.5 Å². The van der Waals surface area contributed by atoms with Crippen LogP contribution in [0.1, 0.15) is 34.8 Å². The molecule has 0 aliphatic rings. The lowest BCUT2D eigenvalue weighted by molar-refractivity contribution is -0.116. The number of benzene rings is 5. The van der Waals surface area contributed by atoms with E-state index in [4.69, 9.17) is 27.9 Å². The van der Waals surface area contributed by atoms with Crippen molar-refractivity contribution in [2.75, 3.05) is 10.6 Å². The van der Waals surface area contributed by atoms with Gasteiger partial charge in [-0.2, -0.15) is 0 Å². The quantitative estimate of drug-likeness (QED) is 0.0836. The third-order valence-corrected chi connectivity index (χ3v) is 8.93. The van der Waals surface area contributed by atoms with Crippen molar-refractivity contribution in [1.29, 1.82) is 0 Å². The zero-order valence-corrected chi connectivity index (χ0v) is 28.8. The van der Waals surface area contributed by atoms with Gasteiger partial charge in [0, 0.05) is 31.9 Å². The van der Waals surface area contributed by atoms with Gasteiger partial charge in [-0.15, -0.1) is 11.8 Å². The summed E-state index contributed by atoms with van der Waals surface area (Å²) < 4.78 is 5.89. The van der Waals surface area contributed by atoms with E-state index >= 15 is 0 Å². The molecule has 3 N–H and O–H groups in total. The van der Waals surface area contributed by atoms with E-state index in [0.717, 1.165) is 10.5 Å². The Morgan fingerprint density at radius 1 is 0.755 bits per heavy atom. The third-order valence-electron chi connectivity index (χ3n) is 7.13. The van der Waals surface area contributed by atoms with Crippen LogP contribution in [0.2, 0.25) is 10.0 Å². The molecule has 49 heavy (non-hydrogen) atoms. The Kier molecular flexibility index (Phi) is 12.5. The predicted molar refractivity (Wildman–Crippen MR) is 199 cm³/mol. The molecule has 7 nitrogen and oxygen atoms in total. The number of carbonyl (C=O) groups excluding carboxylic acids is 3. The minimum Gasteiger partial charge on any atom is -0.489 e. The van der Waals surface area contributed by atoms with Gasteiger partial charge in [-0.1, -0.05) is 96.9 Å². The summed E-state index contributed by atoms with van der Waals surface area (Å²) in [5, 5.41) is 8.95. The summed E-state index contributed by atoms with van der Waals surface area (Å²) in [6.07, 6.45) is 2.16. The van der Waals surface area contributed by atoms with Crippen molar-refractivity contribution in [3.05, 3.63) is 160 Å². The van der Waals surface area contributed by atoms with Crippen LogP contribution in [0.4, 0.5) is 11.4 Å². The first-order chi connectivity index (χ1) is 23.7. The van der Waals surface area contributed by atoms with Gasteiger partial charge in [-0.3, -0.25) is 14.4 Å². The van der Waals surface area contributed by atoms with E-state index in [-0.39, 0.29) is 11.6 Å². The Balaban J connectivity index is 1.30. The Morgan fingerprint density at radius 2 is 1.43 bits per heavy atom. The molecule has 0 heterocycles. The van der Waals surface area contributed by atoms with Crippen molar-refractivity contribution in [2.45, 2.75) is 30.1 Å². The van der Waals surface area contributed by atoms with Crippen LogP contribution >= 0.6 is 35.0 Å². The van der Waals surface area contributed by atoms with Crippen LogP contribution in [0.3, 0.4) is 0 Å². The molecule has 1 unspecified atom stereocenters. The number of thioether (sulfide) groups is 1. The zero-order chi connectivity index (χ0) is 34.6. The highest BCUT2D eigenvalue weighted by atomic mass is 35.5. The summed E-state index contributed by atoms with van der Waals surface area (Å²) in [4.78, 5) is 40.6. The molecular weight excluding hydrogens is 677 g/mol. The monoisotopic (exact) mass is 709 g/mol. The molecule has 10 heteroatoms. The lowest BCUT2D eigenvalue weighted by atomic mass is 10.1. The molecule has 0 fully saturated rings. The number of hydrogen-bond donors (Lipinski definition) is 3. The highest BCUT2D eigenvalue weighted by molar-refractivity contribution is 8.00. The summed E-state index contributed by atoms with van der Waals surface area (Å²) in [6, 6.07) is 37.8. The second-order valence-corrected chi connectivity index (χ2v) is 13.0. The SMILES string of the molecule is CCC(Sc1cccc(NC(=O)/C(=C\c2ccc(OCc3ccccc3)cc2)NC(=O)c2ccccc2)c1)C(=O)Nc1cc(Cl)cc(Cl)c1. The average Bonchev–Trinajstić information content (AvgIpc) is 3.10. The van der Waals surface area contributed by atoms with E-state index in [9.17, 15) is 14.4 Å². The number of anilines is 2. The fraction of sp³-hybridized carbons (Fsp3) is 0.103. The highest BCUT2D eigenvalue weighted by Crippen LogP contribution is 2.30. The summed E-state index contributed by atoms with van der Waals surface area (Å²) in [6.45, 7) is 2.34. The van der Waals surface area contributed by atoms with Crippen molar-refractivity contribution >= 4 is 70.1 Å². The summed E-state index contributed by atoms with van der Waals surface area (Å²) >= 11 is 13.5. The number of halogens is 2. The molecule has 0 radical (unpaired) electrons. The first-order valence-corrected chi connectivity index (χ1v) is 17.1. The van der Waals surface area contributed by atoms with E-state index in [2.05, 4.69) is 16.0 Å². The maximum atomic E-state index is 13.7. The molecule has 0 bridgehead atoms. The largest absolute Gasteiger partial charge is 0.489 e. The molecule has 5 rings (SSSR count). The Hall–Kier alpha value is -5.02. The zero-order valence-electron chi connectivity index (χ0n) is 26.5. The molecule has 3 amide bonds. The minimum absolute atomic E-state index is 0.0517. The minimum atomic E-state index is -0.515. The highest BCUT2D eigenvalue weighted by Gasteiger charge is 2.20. The van der Waals surface area contributed by atoms with Gasteiger partial charge in [-0.25, -0.2) is 0 Å². The third kappa shape index (κ3) is 10.7. The van der Waals surface area contributed by atoms with Crippen molar-refractivity contribution in [1.82, 2.24) is 5.32 Å². The maximum Gasteiger partial charge on any atom is 0.272 e. The molecule has 248 valence electrons. The van der Waals surface area contributed by atoms with Crippen LogP contribution in [0.5, 0.6) is 5.75 Å². The smallest absolute Gasteiger partial charge is 0.272 e. The van der Waals surface area contributed by atoms with Gasteiger partial charge in [0.15, 0.2) is 0 Å². The fourth-order valence-electron chi connectivity index (χ4n) is 4.69. The van der Waals surface area contributed by atoms with Gasteiger partial charge in [-0.05, 0) is 84.3 Å². The van der Waals surface area contributed by atoms with Gasteiger partial charge < -0.3 is 20.7 Å². The van der Waals surface area contributed by atoms with Crippen molar-refractivity contribution in [2.24, 2.45) is 0 Å². The first kappa shape index (κ1) is 35.3. The number of amides is 3. The van der Waals surface area contributed by atoms with E-state index in [1.54, 1.807) is 66.7 Å². The second-order valence-electron chi connectivity index (χ2n) is 10.9. The van der Waals surface area contributed by atoms with Crippen molar-refractivity contribution in [3.63, 3.8) is 0 Å². The lowest BCUT2D eigenvalue weighted by Gasteiger charge is -2.16. The Morgan fingerprint density at radius 3 is 2.10 bits per heavy atom. The van der Waals surface area contributed by atoms with E-state index in [1.165, 1.54) is 11.8 Å². The standard InChI is InChI=1S/C39H33Cl2N3O4S/c1-2-36(39(47)43-32-22-29(40)21-30(41)23-32)49-34-15-9-14-31(24-34)42-38(46)35(44-37(45)28-12-7-4-8-13-28)20-26-16-18-33(19-17-26)48-25-27-10-5-3-6-11-27/h3-24,36H,2,25H2,1H3,(H,42,46)(H,43,47)(H,44,45)/b35-20+. The van der Waals surface area contributed by atoms with Crippen molar-refractivity contribution in [3.8, 4) is 5.75 Å². The number of hydrogen-bond acceptors (Lipinski definition) is 5. The first-order valence-electron chi connectivity index (χ1n) is 15.5. The molecule has 0 spiro atoms. The van der Waals surface area contributed by atoms with Crippen LogP contribution in [-0.2, 0) is 16.2 Å². The second kappa shape index (κ2) is 17.4. The number of carbonyl (C=O) groups is 3. The molecule has 0 aliphatic carbocycles. The van der Waals surface area contributed by atoms with E-state index < -0.39 is 17.1 Å². The number of nitrogens with one attached hydrogen (secondary N) is 3. The molecule has 1 atom stereocenters. The van der Waals surface area contributed by atoms with Crippen LogP contribution < -0.4 is 20.7 Å². The van der Waals surface area contributed by atoms with Gasteiger partial charge >= 0.3 is 0 Å². The molecule has 0 saturated carbocycles. The molecular formula is C39H33Cl2N3O4S. The molecule has 0 saturated heterocycles. The molecule has 5 aromatic carbocycles. The fourth-order valence-corrected chi connectivity index (χ4v) is 6.23. The van der Waals surface area contributed by atoms with Crippen LogP contribution in [0.15, 0.2) is 138 Å². The lowest BCUT2D eigenvalue weighted by Crippen LogP contribution is -2.30. The molecule has 0 aliphatic heterocycles. The Labute approximate surface area is 299 Å². The normalized spacial score (nSPS) is 11.7. The predicted octanol–water partition coefficient (Wildman–Crippen LogP) is 9.49. The van der Waals surface area contributed by atoms with Gasteiger partial charge in [0.25, 0.3) is 11.8 Å². The number of rotatable bonds is 13. The van der Waals surface area contributed by atoms with E-state index in [0.29, 0.717) is 51.3 Å². The summed E-state index contributed by atoms with van der Waals surface area (Å²) in [5.41, 5.74) is 3.20. The maximum absolute atomic E-state index is 13.7. The van der Waals surface area contributed by atoms with E-state index in [1.807, 2.05) is 73.7 Å². The van der Waals surface area contributed by atoms with Crippen LogP contribution in [0.25, 0.3) is 6.08 Å². The van der Waals surface area contributed by atoms with Gasteiger partial charge in [0.05, 0.1) is 5.25 Å². The Bertz CT molecular complexity index is 1920. The molecule has 5 aromatic rings. The average molecular weight is 711 g/mol. The van der Waals surface area contributed by atoms with Crippen molar-refractivity contribution < 1.29 is 19.1 Å². The van der Waals surface area contributed by atoms with Crippen LogP contribution in [0, 0.1) is 0 Å². The summed E-state index contributed by atoms with van der Waals surface area (Å²) in [7, 11) is 0. The summed E-state index contributed by atoms with van der Waals surface area (Å²) in [5.74, 6) is -0.471. The van der Waals surface area contributed by atoms with Gasteiger partial charge in [0.2, 0.25) is 5.91 Å².